The fourth-order valence-corrected chi connectivity index (χ4v) is 2.22. The van der Waals surface area contributed by atoms with Crippen molar-refractivity contribution >= 4 is 15.9 Å². The molecule has 0 bridgehead atoms. The largest absolute Gasteiger partial charge is 0.0619 e. The van der Waals surface area contributed by atoms with Gasteiger partial charge in [0.05, 0.1) is 0 Å². The van der Waals surface area contributed by atoms with Gasteiger partial charge in [0, 0.05) is 4.47 Å². The topological polar surface area (TPSA) is 0 Å². The van der Waals surface area contributed by atoms with E-state index in [1.54, 1.807) is 5.56 Å². The van der Waals surface area contributed by atoms with Gasteiger partial charge < -0.3 is 0 Å². The van der Waals surface area contributed by atoms with Crippen LogP contribution in [-0.4, -0.2) is 0 Å². The van der Waals surface area contributed by atoms with Crippen LogP contribution in [0.2, 0.25) is 0 Å². The molecule has 0 amide bonds. The highest BCUT2D eigenvalue weighted by molar-refractivity contribution is 9.10. The Kier molecular flexibility index (Phi) is 1.76. The molecule has 0 nitrogen and oxygen atoms in total. The summed E-state index contributed by atoms with van der Waals surface area (Å²) in [5, 5.41) is 0. The van der Waals surface area contributed by atoms with Crippen LogP contribution < -0.4 is 0 Å². The Labute approximate surface area is 75.8 Å². The van der Waals surface area contributed by atoms with E-state index in [9.17, 15) is 0 Å². The van der Waals surface area contributed by atoms with Crippen LogP contribution in [-0.2, 0) is 12.8 Å². The quantitative estimate of drug-likeness (QED) is 0.618. The highest BCUT2D eigenvalue weighted by Crippen LogP contribution is 2.28. The minimum Gasteiger partial charge on any atom is -0.0619 e. The van der Waals surface area contributed by atoms with Gasteiger partial charge in [0.25, 0.3) is 0 Å². The van der Waals surface area contributed by atoms with E-state index in [4.69, 9.17) is 0 Å². The van der Waals surface area contributed by atoms with Crippen LogP contribution in [0.4, 0.5) is 0 Å². The molecule has 1 aliphatic rings. The van der Waals surface area contributed by atoms with Crippen LogP contribution in [0.1, 0.15) is 18.1 Å². The lowest BCUT2D eigenvalue weighted by atomic mass is 10.1. The van der Waals surface area contributed by atoms with Crippen LogP contribution in [0.5, 0.6) is 0 Å². The van der Waals surface area contributed by atoms with Gasteiger partial charge >= 0.3 is 0 Å². The van der Waals surface area contributed by atoms with Crippen molar-refractivity contribution in [3.63, 3.8) is 0 Å². The Morgan fingerprint density at radius 2 is 2.00 bits per heavy atom. The van der Waals surface area contributed by atoms with Crippen LogP contribution in [0.15, 0.2) is 22.7 Å². The van der Waals surface area contributed by atoms with E-state index in [1.165, 1.54) is 22.9 Å². The lowest BCUT2D eigenvalue weighted by molar-refractivity contribution is 0.628. The van der Waals surface area contributed by atoms with Crippen molar-refractivity contribution in [3.8, 4) is 0 Å². The van der Waals surface area contributed by atoms with Crippen molar-refractivity contribution in [1.29, 1.82) is 0 Å². The van der Waals surface area contributed by atoms with Crippen LogP contribution >= 0.6 is 15.9 Å². The summed E-state index contributed by atoms with van der Waals surface area (Å²) in [6.07, 6.45) is 2.53. The molecule has 0 aromatic heterocycles. The molecule has 1 heteroatoms. The van der Waals surface area contributed by atoms with Crippen LogP contribution in [0.25, 0.3) is 0 Å². The summed E-state index contributed by atoms with van der Waals surface area (Å²) >= 11 is 3.48. The molecule has 11 heavy (non-hydrogen) atoms. The van der Waals surface area contributed by atoms with Gasteiger partial charge in [-0.3, -0.25) is 0 Å². The molecular formula is C10H11Br. The van der Waals surface area contributed by atoms with E-state index in [0.29, 0.717) is 0 Å². The van der Waals surface area contributed by atoms with Crippen molar-refractivity contribution in [2.75, 3.05) is 0 Å². The Morgan fingerprint density at radius 3 is 2.82 bits per heavy atom. The van der Waals surface area contributed by atoms with Crippen molar-refractivity contribution in [2.24, 2.45) is 5.92 Å². The second kappa shape index (κ2) is 2.63. The molecule has 58 valence electrons. The van der Waals surface area contributed by atoms with E-state index < -0.39 is 0 Å². The van der Waals surface area contributed by atoms with Gasteiger partial charge in [-0.1, -0.05) is 28.9 Å². The zero-order valence-corrected chi connectivity index (χ0v) is 8.19. The molecule has 0 aliphatic heterocycles. The van der Waals surface area contributed by atoms with Gasteiger partial charge in [0.15, 0.2) is 0 Å². The fraction of sp³-hybridized carbons (Fsp3) is 0.400. The third-order valence-corrected chi connectivity index (χ3v) is 2.80. The minimum absolute atomic E-state index is 0.847. The lowest BCUT2D eigenvalue weighted by Gasteiger charge is -1.96. The SMILES string of the molecule is C[C@H]1Cc2ccc(Br)cc2C1. The highest BCUT2D eigenvalue weighted by Gasteiger charge is 2.16. The predicted molar refractivity (Wildman–Crippen MR) is 50.7 cm³/mol. The number of hydrogen-bond acceptors (Lipinski definition) is 0. The summed E-state index contributed by atoms with van der Waals surface area (Å²) in [6.45, 7) is 2.31. The number of rotatable bonds is 0. The minimum atomic E-state index is 0.847. The zero-order valence-electron chi connectivity index (χ0n) is 6.60. The molecular weight excluding hydrogens is 200 g/mol. The molecule has 0 N–H and O–H groups in total. The average molecular weight is 211 g/mol. The van der Waals surface area contributed by atoms with Crippen molar-refractivity contribution in [3.05, 3.63) is 33.8 Å². The second-order valence-electron chi connectivity index (χ2n) is 3.43. The van der Waals surface area contributed by atoms with E-state index in [1.807, 2.05) is 0 Å². The number of hydrogen-bond donors (Lipinski definition) is 0. The summed E-state index contributed by atoms with van der Waals surface area (Å²) in [7, 11) is 0. The first-order valence-corrected chi connectivity index (χ1v) is 4.82. The van der Waals surface area contributed by atoms with E-state index in [0.717, 1.165) is 5.92 Å². The molecule has 2 rings (SSSR count). The fourth-order valence-electron chi connectivity index (χ4n) is 1.81. The second-order valence-corrected chi connectivity index (χ2v) is 4.34. The van der Waals surface area contributed by atoms with Gasteiger partial charge in [-0.15, -0.1) is 0 Å². The summed E-state index contributed by atoms with van der Waals surface area (Å²) in [6, 6.07) is 6.62. The normalized spacial score (nSPS) is 21.8. The van der Waals surface area contributed by atoms with Gasteiger partial charge in [-0.2, -0.15) is 0 Å². The van der Waals surface area contributed by atoms with Gasteiger partial charge in [0.1, 0.15) is 0 Å². The molecule has 0 heterocycles. The van der Waals surface area contributed by atoms with Gasteiger partial charge in [-0.25, -0.2) is 0 Å². The number of halogens is 1. The molecule has 1 aromatic carbocycles. The van der Waals surface area contributed by atoms with Crippen molar-refractivity contribution in [1.82, 2.24) is 0 Å². The molecule has 0 unspecified atom stereocenters. The maximum Gasteiger partial charge on any atom is 0.0178 e. The molecule has 1 aromatic rings. The molecule has 0 spiro atoms. The maximum atomic E-state index is 3.48. The Morgan fingerprint density at radius 1 is 1.27 bits per heavy atom. The molecule has 1 atom stereocenters. The maximum absolute atomic E-state index is 3.48. The Balaban J connectivity index is 2.43. The molecule has 0 fully saturated rings. The lowest BCUT2D eigenvalue weighted by Crippen LogP contribution is -1.89. The summed E-state index contributed by atoms with van der Waals surface area (Å²) < 4.78 is 1.21. The summed E-state index contributed by atoms with van der Waals surface area (Å²) in [5.74, 6) is 0.847. The van der Waals surface area contributed by atoms with Crippen molar-refractivity contribution in [2.45, 2.75) is 19.8 Å². The monoisotopic (exact) mass is 210 g/mol. The van der Waals surface area contributed by atoms with E-state index in [-0.39, 0.29) is 0 Å². The first-order chi connectivity index (χ1) is 5.25. The summed E-state index contributed by atoms with van der Waals surface area (Å²) in [4.78, 5) is 0. The van der Waals surface area contributed by atoms with E-state index >= 15 is 0 Å². The molecule has 0 radical (unpaired) electrons. The van der Waals surface area contributed by atoms with Crippen molar-refractivity contribution < 1.29 is 0 Å². The molecule has 0 saturated heterocycles. The third kappa shape index (κ3) is 1.34. The van der Waals surface area contributed by atoms with Crippen LogP contribution in [0.3, 0.4) is 0 Å². The average Bonchev–Trinajstić information content (AvgIpc) is 2.27. The molecule has 1 aliphatic carbocycles. The number of benzene rings is 1. The molecule has 0 saturated carbocycles. The standard InChI is InChI=1S/C10H11Br/c1-7-4-8-2-3-10(11)6-9(8)5-7/h2-3,6-7H,4-5H2,1H3/t7-/m0/s1. The first kappa shape index (κ1) is 7.35. The smallest absolute Gasteiger partial charge is 0.0178 e. The Hall–Kier alpha value is -0.300. The highest BCUT2D eigenvalue weighted by atomic mass is 79.9. The van der Waals surface area contributed by atoms with Gasteiger partial charge in [-0.05, 0) is 42.0 Å². The first-order valence-electron chi connectivity index (χ1n) is 4.03. The van der Waals surface area contributed by atoms with Gasteiger partial charge in [0.2, 0.25) is 0 Å². The predicted octanol–water partition coefficient (Wildman–Crippen LogP) is 3.18. The summed E-state index contributed by atoms with van der Waals surface area (Å²) in [5.41, 5.74) is 3.08. The third-order valence-electron chi connectivity index (χ3n) is 2.31. The Bertz CT molecular complexity index is 278. The van der Waals surface area contributed by atoms with Crippen LogP contribution in [0, 0.1) is 5.92 Å². The van der Waals surface area contributed by atoms with E-state index in [2.05, 4.69) is 41.1 Å². The zero-order chi connectivity index (χ0) is 7.84. The number of fused-ring (bicyclic) bond motifs is 1.